The lowest BCUT2D eigenvalue weighted by atomic mass is 9.74. The molecule has 5 rings (SSSR count). The van der Waals surface area contributed by atoms with Crippen LogP contribution in [0.2, 0.25) is 0 Å². The first-order chi connectivity index (χ1) is 13.5. The number of nitrogens with one attached hydrogen (secondary N) is 1. The van der Waals surface area contributed by atoms with E-state index in [1.807, 2.05) is 4.90 Å². The van der Waals surface area contributed by atoms with Crippen molar-refractivity contribution in [2.75, 3.05) is 29.9 Å². The summed E-state index contributed by atoms with van der Waals surface area (Å²) in [5, 5.41) is 2.94. The molecule has 1 saturated carbocycles. The Hall–Kier alpha value is -2.40. The van der Waals surface area contributed by atoms with Crippen LogP contribution >= 0.6 is 0 Å². The van der Waals surface area contributed by atoms with Crippen LogP contribution in [0, 0.1) is 12.7 Å². The van der Waals surface area contributed by atoms with E-state index in [1.165, 1.54) is 36.1 Å². The van der Waals surface area contributed by atoms with Gasteiger partial charge in [-0.1, -0.05) is 17.7 Å². The quantitative estimate of drug-likeness (QED) is 0.822. The number of hydrogen-bond acceptors (Lipinski definition) is 2. The van der Waals surface area contributed by atoms with E-state index in [0.29, 0.717) is 5.69 Å². The van der Waals surface area contributed by atoms with Gasteiger partial charge in [-0.15, -0.1) is 0 Å². The van der Waals surface area contributed by atoms with Gasteiger partial charge >= 0.3 is 6.03 Å². The number of nitrogens with zero attached hydrogens (tertiary/aromatic N) is 2. The molecular weight excluding hydrogens is 353 g/mol. The Morgan fingerprint density at radius 1 is 1.11 bits per heavy atom. The summed E-state index contributed by atoms with van der Waals surface area (Å²) in [4.78, 5) is 17.6. The number of rotatable bonds is 2. The Bertz CT molecular complexity index is 899. The zero-order valence-electron chi connectivity index (χ0n) is 16.2. The number of anilines is 2. The van der Waals surface area contributed by atoms with Gasteiger partial charge in [0, 0.05) is 29.4 Å². The lowest BCUT2D eigenvalue weighted by Crippen LogP contribution is -2.47. The van der Waals surface area contributed by atoms with Crippen LogP contribution < -0.4 is 10.2 Å². The Labute approximate surface area is 165 Å². The molecule has 2 heterocycles. The summed E-state index contributed by atoms with van der Waals surface area (Å²) in [6.07, 6.45) is 4.88. The lowest BCUT2D eigenvalue weighted by Gasteiger charge is -2.40. The fourth-order valence-corrected chi connectivity index (χ4v) is 4.87. The van der Waals surface area contributed by atoms with Crippen LogP contribution in [0.1, 0.15) is 36.8 Å². The van der Waals surface area contributed by atoms with Crippen molar-refractivity contribution in [1.82, 2.24) is 4.90 Å². The summed E-state index contributed by atoms with van der Waals surface area (Å²) in [5.74, 6) is -0.304. The van der Waals surface area contributed by atoms with Gasteiger partial charge in [0.05, 0.1) is 0 Å². The average molecular weight is 379 g/mol. The summed E-state index contributed by atoms with van der Waals surface area (Å²) in [6.45, 7) is 5.07. The van der Waals surface area contributed by atoms with Crippen LogP contribution in [-0.4, -0.2) is 36.6 Å². The number of hydrogen-bond donors (Lipinski definition) is 1. The molecule has 1 saturated heterocycles. The molecular formula is C23H26FN3O. The van der Waals surface area contributed by atoms with Crippen LogP contribution in [-0.2, 0) is 5.41 Å². The molecule has 28 heavy (non-hydrogen) atoms. The lowest BCUT2D eigenvalue weighted by molar-refractivity contribution is 0.159. The summed E-state index contributed by atoms with van der Waals surface area (Å²) in [6, 6.07) is 13.0. The van der Waals surface area contributed by atoms with Crippen molar-refractivity contribution in [2.24, 2.45) is 0 Å². The maximum Gasteiger partial charge on any atom is 0.326 e. The molecule has 0 radical (unpaired) electrons. The molecule has 1 aliphatic carbocycles. The average Bonchev–Trinajstić information content (AvgIpc) is 3.49. The van der Waals surface area contributed by atoms with E-state index >= 15 is 0 Å². The molecule has 3 aliphatic rings. The third kappa shape index (κ3) is 3.08. The highest BCUT2D eigenvalue weighted by Gasteiger charge is 2.47. The van der Waals surface area contributed by atoms with Crippen molar-refractivity contribution in [3.8, 4) is 0 Å². The molecule has 2 amide bonds. The largest absolute Gasteiger partial charge is 0.326 e. The summed E-state index contributed by atoms with van der Waals surface area (Å²) in [5.41, 5.74) is 4.24. The number of fused-ring (bicyclic) bond motifs is 2. The van der Waals surface area contributed by atoms with E-state index in [1.54, 1.807) is 12.1 Å². The molecule has 1 N–H and O–H groups in total. The molecule has 5 heteroatoms. The Morgan fingerprint density at radius 3 is 2.50 bits per heavy atom. The van der Waals surface area contributed by atoms with Crippen LogP contribution in [0.4, 0.5) is 20.6 Å². The second-order valence-corrected chi connectivity index (χ2v) is 8.59. The number of piperidine rings is 1. The van der Waals surface area contributed by atoms with Gasteiger partial charge in [0.2, 0.25) is 0 Å². The SMILES string of the molecule is Cc1ccc2c(c1)C1(CCN(C3CC3)CC1)CN2C(=O)Nc1ccc(F)cc1. The van der Waals surface area contributed by atoms with Crippen molar-refractivity contribution in [1.29, 1.82) is 0 Å². The van der Waals surface area contributed by atoms with E-state index in [4.69, 9.17) is 0 Å². The topological polar surface area (TPSA) is 35.6 Å². The van der Waals surface area contributed by atoms with Crippen LogP contribution in [0.15, 0.2) is 42.5 Å². The summed E-state index contributed by atoms with van der Waals surface area (Å²) >= 11 is 0. The second kappa shape index (κ2) is 6.59. The van der Waals surface area contributed by atoms with Crippen molar-refractivity contribution >= 4 is 17.4 Å². The molecule has 0 aromatic heterocycles. The monoisotopic (exact) mass is 379 g/mol. The molecule has 2 fully saturated rings. The predicted octanol–water partition coefficient (Wildman–Crippen LogP) is 4.68. The normalized spacial score (nSPS) is 21.0. The first-order valence-corrected chi connectivity index (χ1v) is 10.2. The summed E-state index contributed by atoms with van der Waals surface area (Å²) in [7, 11) is 0. The molecule has 2 aromatic carbocycles. The zero-order chi connectivity index (χ0) is 19.3. The molecule has 0 unspecified atom stereocenters. The Balaban J connectivity index is 1.41. The molecule has 4 nitrogen and oxygen atoms in total. The number of likely N-dealkylation sites (tertiary alicyclic amines) is 1. The number of urea groups is 1. The van der Waals surface area contributed by atoms with Gasteiger partial charge in [0.1, 0.15) is 5.82 Å². The van der Waals surface area contributed by atoms with E-state index in [-0.39, 0.29) is 17.3 Å². The first kappa shape index (κ1) is 17.7. The second-order valence-electron chi connectivity index (χ2n) is 8.59. The van der Waals surface area contributed by atoms with Crippen molar-refractivity contribution in [3.05, 3.63) is 59.4 Å². The number of aryl methyl sites for hydroxylation is 1. The summed E-state index contributed by atoms with van der Waals surface area (Å²) < 4.78 is 13.2. The van der Waals surface area contributed by atoms with Crippen molar-refractivity contribution in [3.63, 3.8) is 0 Å². The predicted molar refractivity (Wildman–Crippen MR) is 109 cm³/mol. The Morgan fingerprint density at radius 2 is 1.82 bits per heavy atom. The molecule has 0 bridgehead atoms. The highest BCUT2D eigenvalue weighted by molar-refractivity contribution is 6.03. The van der Waals surface area contributed by atoms with Crippen molar-refractivity contribution in [2.45, 2.75) is 44.1 Å². The van der Waals surface area contributed by atoms with Gasteiger partial charge in [-0.25, -0.2) is 9.18 Å². The standard InChI is InChI=1S/C23H26FN3O/c1-16-2-9-21-20(14-16)23(10-12-26(13-11-23)19-7-8-19)15-27(21)22(28)25-18-5-3-17(24)4-6-18/h2-6,9,14,19H,7-8,10-13,15H2,1H3,(H,25,28). The van der Waals surface area contributed by atoms with Gasteiger partial charge in [0.15, 0.2) is 0 Å². The van der Waals surface area contributed by atoms with Crippen LogP contribution in [0.5, 0.6) is 0 Å². The number of carbonyl (C=O) groups is 1. The minimum atomic E-state index is -0.304. The molecule has 2 aromatic rings. The van der Waals surface area contributed by atoms with Gasteiger partial charge in [-0.2, -0.15) is 0 Å². The van der Waals surface area contributed by atoms with E-state index in [2.05, 4.69) is 35.3 Å². The third-order valence-corrected chi connectivity index (χ3v) is 6.63. The number of carbonyl (C=O) groups excluding carboxylic acids is 1. The van der Waals surface area contributed by atoms with Gasteiger partial charge < -0.3 is 10.2 Å². The highest BCUT2D eigenvalue weighted by atomic mass is 19.1. The third-order valence-electron chi connectivity index (χ3n) is 6.63. The smallest absolute Gasteiger partial charge is 0.308 e. The van der Waals surface area contributed by atoms with E-state index < -0.39 is 0 Å². The molecule has 0 atom stereocenters. The van der Waals surface area contributed by atoms with E-state index in [9.17, 15) is 9.18 Å². The van der Waals surface area contributed by atoms with Crippen molar-refractivity contribution < 1.29 is 9.18 Å². The minimum absolute atomic E-state index is 0.0485. The minimum Gasteiger partial charge on any atom is -0.308 e. The van der Waals surface area contributed by atoms with E-state index in [0.717, 1.165) is 44.2 Å². The fourth-order valence-electron chi connectivity index (χ4n) is 4.87. The maximum absolute atomic E-state index is 13.2. The van der Waals surface area contributed by atoms with Crippen LogP contribution in [0.25, 0.3) is 0 Å². The number of halogens is 1. The number of benzene rings is 2. The maximum atomic E-state index is 13.2. The zero-order valence-corrected chi connectivity index (χ0v) is 16.2. The van der Waals surface area contributed by atoms with Crippen LogP contribution in [0.3, 0.4) is 0 Å². The van der Waals surface area contributed by atoms with Gasteiger partial charge in [-0.3, -0.25) is 4.90 Å². The number of amides is 2. The van der Waals surface area contributed by atoms with Gasteiger partial charge in [-0.05, 0) is 81.6 Å². The molecule has 1 spiro atoms. The Kier molecular flexibility index (Phi) is 4.16. The molecule has 2 aliphatic heterocycles. The van der Waals surface area contributed by atoms with Gasteiger partial charge in [0.25, 0.3) is 0 Å². The highest BCUT2D eigenvalue weighted by Crippen LogP contribution is 2.48. The fraction of sp³-hybridized carbons (Fsp3) is 0.435. The first-order valence-electron chi connectivity index (χ1n) is 10.2. The molecule has 146 valence electrons.